The van der Waals surface area contributed by atoms with Crippen LogP contribution in [0.4, 0.5) is 5.69 Å². The SMILES string of the molecule is CC1CCCCC1NC(=O)c1ccccc1N. The number of nitrogens with two attached hydrogens (primary N) is 1. The topological polar surface area (TPSA) is 55.1 Å². The van der Waals surface area contributed by atoms with Gasteiger partial charge in [-0.1, -0.05) is 31.9 Å². The minimum atomic E-state index is -0.0400. The highest BCUT2D eigenvalue weighted by Crippen LogP contribution is 2.24. The number of hydrogen-bond acceptors (Lipinski definition) is 2. The third-order valence-corrected chi connectivity index (χ3v) is 3.63. The maximum atomic E-state index is 12.1. The van der Waals surface area contributed by atoms with Crippen LogP contribution in [0.15, 0.2) is 24.3 Å². The molecule has 2 atom stereocenters. The first-order chi connectivity index (χ1) is 8.18. The van der Waals surface area contributed by atoms with Gasteiger partial charge in [0.2, 0.25) is 0 Å². The Morgan fingerprint density at radius 1 is 1.29 bits per heavy atom. The molecule has 0 spiro atoms. The van der Waals surface area contributed by atoms with Crippen molar-refractivity contribution in [2.45, 2.75) is 38.6 Å². The Labute approximate surface area is 102 Å². The van der Waals surface area contributed by atoms with Crippen molar-refractivity contribution in [3.8, 4) is 0 Å². The van der Waals surface area contributed by atoms with E-state index < -0.39 is 0 Å². The molecule has 1 aromatic carbocycles. The second kappa shape index (κ2) is 5.21. The minimum Gasteiger partial charge on any atom is -0.398 e. The number of para-hydroxylation sites is 1. The van der Waals surface area contributed by atoms with Gasteiger partial charge in [-0.3, -0.25) is 4.79 Å². The van der Waals surface area contributed by atoms with E-state index in [0.717, 1.165) is 6.42 Å². The average molecular weight is 232 g/mol. The molecular formula is C14H20N2O. The van der Waals surface area contributed by atoms with Crippen molar-refractivity contribution in [2.24, 2.45) is 5.92 Å². The van der Waals surface area contributed by atoms with Crippen LogP contribution in [0, 0.1) is 5.92 Å². The van der Waals surface area contributed by atoms with E-state index in [1.807, 2.05) is 12.1 Å². The molecule has 0 saturated heterocycles. The second-order valence-corrected chi connectivity index (χ2v) is 4.93. The highest BCUT2D eigenvalue weighted by Gasteiger charge is 2.23. The van der Waals surface area contributed by atoms with Crippen LogP contribution in [0.25, 0.3) is 0 Å². The van der Waals surface area contributed by atoms with E-state index in [-0.39, 0.29) is 5.91 Å². The van der Waals surface area contributed by atoms with Crippen molar-refractivity contribution >= 4 is 11.6 Å². The number of carbonyl (C=O) groups excluding carboxylic acids is 1. The van der Waals surface area contributed by atoms with E-state index in [9.17, 15) is 4.79 Å². The maximum Gasteiger partial charge on any atom is 0.253 e. The molecule has 3 nitrogen and oxygen atoms in total. The number of anilines is 1. The van der Waals surface area contributed by atoms with Crippen molar-refractivity contribution < 1.29 is 4.79 Å². The number of amides is 1. The first-order valence-electron chi connectivity index (χ1n) is 6.34. The second-order valence-electron chi connectivity index (χ2n) is 4.93. The Morgan fingerprint density at radius 3 is 2.71 bits per heavy atom. The molecule has 0 radical (unpaired) electrons. The van der Waals surface area contributed by atoms with Gasteiger partial charge in [0, 0.05) is 11.7 Å². The highest BCUT2D eigenvalue weighted by molar-refractivity contribution is 5.99. The first-order valence-corrected chi connectivity index (χ1v) is 6.34. The fraction of sp³-hybridized carbons (Fsp3) is 0.500. The first kappa shape index (κ1) is 12.0. The van der Waals surface area contributed by atoms with Crippen molar-refractivity contribution in [3.63, 3.8) is 0 Å². The predicted octanol–water partition coefficient (Wildman–Crippen LogP) is 2.58. The Hall–Kier alpha value is -1.51. The van der Waals surface area contributed by atoms with E-state index in [4.69, 9.17) is 5.73 Å². The van der Waals surface area contributed by atoms with Crippen molar-refractivity contribution in [1.82, 2.24) is 5.32 Å². The monoisotopic (exact) mass is 232 g/mol. The van der Waals surface area contributed by atoms with E-state index >= 15 is 0 Å². The molecule has 0 aliphatic heterocycles. The molecule has 1 amide bonds. The van der Waals surface area contributed by atoms with Crippen LogP contribution in [0.1, 0.15) is 43.0 Å². The minimum absolute atomic E-state index is 0.0400. The van der Waals surface area contributed by atoms with Crippen LogP contribution in [-0.4, -0.2) is 11.9 Å². The molecule has 0 bridgehead atoms. The van der Waals surface area contributed by atoms with Crippen LogP contribution in [0.5, 0.6) is 0 Å². The lowest BCUT2D eigenvalue weighted by Crippen LogP contribution is -2.41. The molecule has 0 aromatic heterocycles. The normalized spacial score (nSPS) is 24.3. The van der Waals surface area contributed by atoms with Crippen molar-refractivity contribution in [2.75, 3.05) is 5.73 Å². The molecule has 1 aliphatic rings. The number of hydrogen-bond donors (Lipinski definition) is 2. The molecule has 2 unspecified atom stereocenters. The predicted molar refractivity (Wildman–Crippen MR) is 69.7 cm³/mol. The van der Waals surface area contributed by atoms with Crippen LogP contribution >= 0.6 is 0 Å². The van der Waals surface area contributed by atoms with E-state index in [1.54, 1.807) is 12.1 Å². The number of rotatable bonds is 2. The third kappa shape index (κ3) is 2.78. The molecule has 3 heteroatoms. The molecule has 17 heavy (non-hydrogen) atoms. The Balaban J connectivity index is 2.04. The molecule has 1 fully saturated rings. The van der Waals surface area contributed by atoms with E-state index in [2.05, 4.69) is 12.2 Å². The fourth-order valence-electron chi connectivity index (χ4n) is 2.48. The molecule has 0 heterocycles. The molecule has 92 valence electrons. The molecule has 1 aliphatic carbocycles. The summed E-state index contributed by atoms with van der Waals surface area (Å²) >= 11 is 0. The maximum absolute atomic E-state index is 12.1. The van der Waals surface area contributed by atoms with Gasteiger partial charge < -0.3 is 11.1 Å². The number of nitrogen functional groups attached to an aromatic ring is 1. The lowest BCUT2D eigenvalue weighted by molar-refractivity contribution is 0.0911. The van der Waals surface area contributed by atoms with Crippen LogP contribution in [-0.2, 0) is 0 Å². The molecule has 3 N–H and O–H groups in total. The van der Waals surface area contributed by atoms with Gasteiger partial charge in [0.15, 0.2) is 0 Å². The zero-order valence-electron chi connectivity index (χ0n) is 10.3. The van der Waals surface area contributed by atoms with Gasteiger partial charge in [0.25, 0.3) is 5.91 Å². The average Bonchev–Trinajstić information content (AvgIpc) is 2.32. The summed E-state index contributed by atoms with van der Waals surface area (Å²) in [6, 6.07) is 7.53. The summed E-state index contributed by atoms with van der Waals surface area (Å²) < 4.78 is 0. The van der Waals surface area contributed by atoms with Gasteiger partial charge in [0.05, 0.1) is 5.56 Å². The standard InChI is InChI=1S/C14H20N2O/c1-10-6-2-5-9-13(10)16-14(17)11-7-3-4-8-12(11)15/h3-4,7-8,10,13H,2,5-6,9,15H2,1H3,(H,16,17). The summed E-state index contributed by atoms with van der Waals surface area (Å²) in [5, 5.41) is 3.11. The summed E-state index contributed by atoms with van der Waals surface area (Å²) in [7, 11) is 0. The summed E-state index contributed by atoms with van der Waals surface area (Å²) in [5.41, 5.74) is 6.94. The molecule has 2 rings (SSSR count). The number of nitrogens with one attached hydrogen (secondary N) is 1. The molecular weight excluding hydrogens is 212 g/mol. The third-order valence-electron chi connectivity index (χ3n) is 3.63. The fourth-order valence-corrected chi connectivity index (χ4v) is 2.48. The summed E-state index contributed by atoms with van der Waals surface area (Å²) in [6.07, 6.45) is 4.77. The van der Waals surface area contributed by atoms with Gasteiger partial charge in [-0.2, -0.15) is 0 Å². The van der Waals surface area contributed by atoms with Crippen molar-refractivity contribution in [1.29, 1.82) is 0 Å². The summed E-state index contributed by atoms with van der Waals surface area (Å²) in [5.74, 6) is 0.527. The Morgan fingerprint density at radius 2 is 2.00 bits per heavy atom. The van der Waals surface area contributed by atoms with Gasteiger partial charge in [0.1, 0.15) is 0 Å². The smallest absolute Gasteiger partial charge is 0.253 e. The Bertz CT molecular complexity index is 403. The lowest BCUT2D eigenvalue weighted by atomic mass is 9.86. The van der Waals surface area contributed by atoms with Gasteiger partial charge in [-0.25, -0.2) is 0 Å². The van der Waals surface area contributed by atoms with Gasteiger partial charge in [-0.15, -0.1) is 0 Å². The van der Waals surface area contributed by atoms with Crippen molar-refractivity contribution in [3.05, 3.63) is 29.8 Å². The van der Waals surface area contributed by atoms with Crippen LogP contribution in [0.2, 0.25) is 0 Å². The van der Waals surface area contributed by atoms with Crippen LogP contribution < -0.4 is 11.1 Å². The van der Waals surface area contributed by atoms with E-state index in [1.165, 1.54) is 19.3 Å². The quantitative estimate of drug-likeness (QED) is 0.770. The van der Waals surface area contributed by atoms with E-state index in [0.29, 0.717) is 23.2 Å². The number of carbonyl (C=O) groups is 1. The largest absolute Gasteiger partial charge is 0.398 e. The lowest BCUT2D eigenvalue weighted by Gasteiger charge is -2.29. The van der Waals surface area contributed by atoms with Gasteiger partial charge in [-0.05, 0) is 30.9 Å². The zero-order valence-corrected chi connectivity index (χ0v) is 10.3. The molecule has 1 aromatic rings. The Kier molecular flexibility index (Phi) is 3.67. The molecule has 1 saturated carbocycles. The number of benzene rings is 1. The van der Waals surface area contributed by atoms with Gasteiger partial charge >= 0.3 is 0 Å². The summed E-state index contributed by atoms with van der Waals surface area (Å²) in [6.45, 7) is 2.21. The summed E-state index contributed by atoms with van der Waals surface area (Å²) in [4.78, 5) is 12.1. The van der Waals surface area contributed by atoms with Crippen LogP contribution in [0.3, 0.4) is 0 Å². The highest BCUT2D eigenvalue weighted by atomic mass is 16.1. The zero-order chi connectivity index (χ0) is 12.3.